The molecule has 12 heteroatoms. The van der Waals surface area contributed by atoms with Crippen LogP contribution >= 0.6 is 0 Å². The van der Waals surface area contributed by atoms with E-state index in [-0.39, 0.29) is 19.3 Å². The fourth-order valence-corrected chi connectivity index (χ4v) is 7.82. The van der Waals surface area contributed by atoms with Gasteiger partial charge in [0, 0.05) is 12.8 Å². The molecule has 0 amide bonds. The monoisotopic (exact) mass is 1120 g/mol. The van der Waals surface area contributed by atoms with Crippen LogP contribution in [0.1, 0.15) is 188 Å². The van der Waals surface area contributed by atoms with Gasteiger partial charge in [-0.3, -0.25) is 14.4 Å². The summed E-state index contributed by atoms with van der Waals surface area (Å²) >= 11 is 0. The Morgan fingerprint density at radius 1 is 0.420 bits per heavy atom. The third-order valence-electron chi connectivity index (χ3n) is 12.3. The molecular formula is C69H102O12. The van der Waals surface area contributed by atoms with Gasteiger partial charge < -0.3 is 39.0 Å². The molecule has 1 fully saturated rings. The Labute approximate surface area is 487 Å². The van der Waals surface area contributed by atoms with Crippen LogP contribution in [0.2, 0.25) is 0 Å². The minimum Gasteiger partial charge on any atom is -0.479 e. The molecule has 0 spiro atoms. The molecule has 0 aliphatic carbocycles. The molecule has 0 saturated carbocycles. The molecule has 6 unspecified atom stereocenters. The van der Waals surface area contributed by atoms with Crippen molar-refractivity contribution >= 4 is 23.9 Å². The number of carboxylic acid groups (broad SMARTS) is 1. The Morgan fingerprint density at radius 2 is 0.790 bits per heavy atom. The standard InChI is InChI=1S/C69H102O12/c1-4-7-10-13-16-19-22-25-28-30-31-33-36-39-42-45-48-51-54-57-63(72)80-67-65(74)64(73)66(68(75)76)81-69(67)78-59-60(79-62(71)56-53-50-47-44-41-38-34-27-24-21-18-15-12-9-6-3)58-77-61(70)55-52-49-46-43-40-37-35-32-29-26-23-20-17-14-11-8-5-2/h7-12,16-21,25-29,31,33-35,37,41,43-44,46,50,53,60,64-67,69,73-74H,4-6,13-15,22-24,30,32,36,38-40,42,45,47-49,51-52,54-59H2,1-3H3,(H,75,76)/b10-7-,11-8-,12-9-,19-16-,20-17-,21-18-,28-25-,29-26-,33-31-,34-27-,37-35-,44-41-,46-43-,53-50-. The highest BCUT2D eigenvalue weighted by molar-refractivity contribution is 5.74. The zero-order valence-electron chi connectivity index (χ0n) is 49.4. The molecule has 1 heterocycles. The van der Waals surface area contributed by atoms with Gasteiger partial charge in [0.15, 0.2) is 24.6 Å². The van der Waals surface area contributed by atoms with E-state index in [1.54, 1.807) is 6.08 Å². The van der Waals surface area contributed by atoms with Crippen molar-refractivity contribution in [3.05, 3.63) is 170 Å². The molecule has 6 atom stereocenters. The number of carboxylic acids is 1. The van der Waals surface area contributed by atoms with Crippen molar-refractivity contribution in [2.75, 3.05) is 13.2 Å². The van der Waals surface area contributed by atoms with Crippen molar-refractivity contribution in [3.63, 3.8) is 0 Å². The zero-order valence-corrected chi connectivity index (χ0v) is 49.4. The summed E-state index contributed by atoms with van der Waals surface area (Å²) in [5, 5.41) is 31.5. The summed E-state index contributed by atoms with van der Waals surface area (Å²) in [6.07, 6.45) is 69.2. The van der Waals surface area contributed by atoms with Crippen LogP contribution in [0.25, 0.3) is 0 Å². The van der Waals surface area contributed by atoms with Crippen molar-refractivity contribution in [3.8, 4) is 0 Å². The molecular weight excluding hydrogens is 1020 g/mol. The van der Waals surface area contributed by atoms with Crippen molar-refractivity contribution in [2.24, 2.45) is 0 Å². The van der Waals surface area contributed by atoms with Crippen molar-refractivity contribution in [2.45, 2.75) is 225 Å². The predicted octanol–water partition coefficient (Wildman–Crippen LogP) is 15.9. The largest absolute Gasteiger partial charge is 0.479 e. The molecule has 1 aliphatic rings. The number of carbonyl (C=O) groups is 4. The molecule has 1 saturated heterocycles. The fourth-order valence-electron chi connectivity index (χ4n) is 7.82. The van der Waals surface area contributed by atoms with Crippen molar-refractivity contribution in [1.82, 2.24) is 0 Å². The Balaban J connectivity index is 2.78. The van der Waals surface area contributed by atoms with E-state index in [0.717, 1.165) is 122 Å². The molecule has 81 heavy (non-hydrogen) atoms. The molecule has 1 aliphatic heterocycles. The molecule has 3 N–H and O–H groups in total. The highest BCUT2D eigenvalue weighted by atomic mass is 16.7. The van der Waals surface area contributed by atoms with E-state index in [9.17, 15) is 34.5 Å². The number of aliphatic hydroxyl groups is 2. The molecule has 0 aromatic carbocycles. The van der Waals surface area contributed by atoms with Crippen LogP contribution in [0, 0.1) is 0 Å². The SMILES string of the molecule is CC/C=C\C/C=C\C/C=C\C/C=C\C/C=C\CCCC(=O)OCC(COC1OC(C(=O)O)C(O)C(O)C1OC(=O)CCCCCCCC/C=C\C/C=C\C/C=C\C/C=C\CC)OC(=O)C/C=C\C/C=C\C/C=C\C/C=C\C/C=C\CC. The Hall–Kier alpha value is -5.92. The molecule has 450 valence electrons. The van der Waals surface area contributed by atoms with Gasteiger partial charge in [-0.05, 0) is 122 Å². The average Bonchev–Trinajstić information content (AvgIpc) is 3.53. The van der Waals surface area contributed by atoms with E-state index in [1.807, 2.05) is 30.4 Å². The van der Waals surface area contributed by atoms with Gasteiger partial charge in [-0.2, -0.15) is 0 Å². The third kappa shape index (κ3) is 44.4. The van der Waals surface area contributed by atoms with E-state index in [0.29, 0.717) is 25.7 Å². The van der Waals surface area contributed by atoms with E-state index >= 15 is 0 Å². The average molecular weight is 1120 g/mol. The lowest BCUT2D eigenvalue weighted by Crippen LogP contribution is -2.61. The summed E-state index contributed by atoms with van der Waals surface area (Å²) in [5.74, 6) is -3.42. The molecule has 1 rings (SSSR count). The van der Waals surface area contributed by atoms with Gasteiger partial charge in [0.25, 0.3) is 0 Å². The van der Waals surface area contributed by atoms with E-state index < -0.39 is 73.9 Å². The Kier molecular flexibility index (Phi) is 49.3. The number of carbonyl (C=O) groups excluding carboxylic acids is 3. The molecule has 12 nitrogen and oxygen atoms in total. The predicted molar refractivity (Wildman–Crippen MR) is 330 cm³/mol. The number of allylic oxidation sites excluding steroid dienone is 27. The van der Waals surface area contributed by atoms with Gasteiger partial charge in [0.1, 0.15) is 18.8 Å². The van der Waals surface area contributed by atoms with Crippen LogP contribution < -0.4 is 0 Å². The van der Waals surface area contributed by atoms with Gasteiger partial charge >= 0.3 is 23.9 Å². The van der Waals surface area contributed by atoms with E-state index in [2.05, 4.69) is 154 Å². The minimum atomic E-state index is -1.94. The maximum Gasteiger partial charge on any atom is 0.335 e. The lowest BCUT2D eigenvalue weighted by molar-refractivity contribution is -0.301. The summed E-state index contributed by atoms with van der Waals surface area (Å²) in [6.45, 7) is 5.49. The first kappa shape index (κ1) is 73.1. The van der Waals surface area contributed by atoms with Crippen molar-refractivity contribution < 1.29 is 58.2 Å². The van der Waals surface area contributed by atoms with E-state index in [1.165, 1.54) is 0 Å². The molecule has 0 bridgehead atoms. The van der Waals surface area contributed by atoms with E-state index in [4.69, 9.17) is 23.7 Å². The lowest BCUT2D eigenvalue weighted by Gasteiger charge is -2.40. The summed E-state index contributed by atoms with van der Waals surface area (Å²) in [5.41, 5.74) is 0. The van der Waals surface area contributed by atoms with Gasteiger partial charge in [0.2, 0.25) is 0 Å². The van der Waals surface area contributed by atoms with Crippen molar-refractivity contribution in [1.29, 1.82) is 0 Å². The number of aliphatic carboxylic acids is 1. The second-order valence-electron chi connectivity index (χ2n) is 19.5. The summed E-state index contributed by atoms with van der Waals surface area (Å²) < 4.78 is 28.2. The normalized spacial score (nSPS) is 19.0. The molecule has 0 aromatic heterocycles. The lowest BCUT2D eigenvalue weighted by atomic mass is 9.98. The maximum absolute atomic E-state index is 13.1. The third-order valence-corrected chi connectivity index (χ3v) is 12.3. The minimum absolute atomic E-state index is 0.0173. The second kappa shape index (κ2) is 54.7. The second-order valence-corrected chi connectivity index (χ2v) is 19.5. The Bertz CT molecular complexity index is 2060. The number of ether oxygens (including phenoxy) is 5. The first-order valence-corrected chi connectivity index (χ1v) is 30.1. The number of esters is 3. The highest BCUT2D eigenvalue weighted by Gasteiger charge is 2.50. The summed E-state index contributed by atoms with van der Waals surface area (Å²) in [7, 11) is 0. The first-order chi connectivity index (χ1) is 39.6. The number of unbranched alkanes of at least 4 members (excludes halogenated alkanes) is 7. The van der Waals surface area contributed by atoms with Gasteiger partial charge in [0.05, 0.1) is 13.0 Å². The van der Waals surface area contributed by atoms with Crippen LogP contribution in [0.5, 0.6) is 0 Å². The van der Waals surface area contributed by atoms with Gasteiger partial charge in [-0.15, -0.1) is 0 Å². The van der Waals surface area contributed by atoms with Gasteiger partial charge in [-0.25, -0.2) is 4.79 Å². The molecule has 0 aromatic rings. The van der Waals surface area contributed by atoms with Crippen LogP contribution in [-0.2, 0) is 42.9 Å². The number of hydrogen-bond donors (Lipinski definition) is 3. The summed E-state index contributed by atoms with van der Waals surface area (Å²) in [4.78, 5) is 51.1. The fraction of sp³-hybridized carbons (Fsp3) is 0.536. The number of rotatable bonds is 48. The quantitative estimate of drug-likeness (QED) is 0.0228. The van der Waals surface area contributed by atoms with Crippen LogP contribution in [-0.4, -0.2) is 89.2 Å². The maximum atomic E-state index is 13.1. The van der Waals surface area contributed by atoms with Crippen LogP contribution in [0.3, 0.4) is 0 Å². The first-order valence-electron chi connectivity index (χ1n) is 30.1. The van der Waals surface area contributed by atoms with Gasteiger partial charge in [-0.1, -0.05) is 217 Å². The van der Waals surface area contributed by atoms with Crippen LogP contribution in [0.4, 0.5) is 0 Å². The smallest absolute Gasteiger partial charge is 0.335 e. The molecule has 0 radical (unpaired) electrons. The Morgan fingerprint density at radius 3 is 1.22 bits per heavy atom. The highest BCUT2D eigenvalue weighted by Crippen LogP contribution is 2.26. The number of hydrogen-bond acceptors (Lipinski definition) is 11. The van der Waals surface area contributed by atoms with Crippen LogP contribution in [0.15, 0.2) is 170 Å². The topological polar surface area (TPSA) is 175 Å². The number of aliphatic hydroxyl groups excluding tert-OH is 2. The zero-order chi connectivity index (χ0) is 58.9. The summed E-state index contributed by atoms with van der Waals surface area (Å²) in [6, 6.07) is 0.